The summed E-state index contributed by atoms with van der Waals surface area (Å²) in [5.41, 5.74) is 1.17. The van der Waals surface area contributed by atoms with Crippen molar-refractivity contribution in [2.45, 2.75) is 78.3 Å². The highest BCUT2D eigenvalue weighted by molar-refractivity contribution is 5.91. The highest BCUT2D eigenvalue weighted by Gasteiger charge is 2.47. The van der Waals surface area contributed by atoms with Gasteiger partial charge in [0.15, 0.2) is 0 Å². The molecular formula is C22H33NO. The minimum atomic E-state index is -0.920. The monoisotopic (exact) mass is 328 g/mol. The molecule has 2 nitrogen and oxygen atoms in total. The Morgan fingerprint density at radius 1 is 1.25 bits per heavy atom. The second-order valence-corrected chi connectivity index (χ2v) is 7.57. The van der Waals surface area contributed by atoms with Gasteiger partial charge in [0.1, 0.15) is 0 Å². The topological polar surface area (TPSA) is 20.3 Å². The average Bonchev–Trinajstić information content (AvgIpc) is 2.56. The number of hydrogen-bond donors (Lipinski definition) is 0. The van der Waals surface area contributed by atoms with Crippen LogP contribution in [0.1, 0.15) is 73.3 Å². The van der Waals surface area contributed by atoms with Gasteiger partial charge in [-0.3, -0.25) is 4.79 Å². The van der Waals surface area contributed by atoms with Crippen LogP contribution in [-0.2, 0) is 10.2 Å². The predicted octanol–water partition coefficient (Wildman–Crippen LogP) is 5.42. The first kappa shape index (κ1) is 17.3. The van der Waals surface area contributed by atoms with E-state index in [1.165, 1.54) is 0 Å². The number of fused-ring (bicyclic) bond motifs is 1. The van der Waals surface area contributed by atoms with Gasteiger partial charge in [-0.2, -0.15) is 0 Å². The van der Waals surface area contributed by atoms with Gasteiger partial charge in [-0.25, -0.2) is 0 Å². The number of rotatable bonds is 6. The lowest BCUT2D eigenvalue weighted by Crippen LogP contribution is -2.54. The summed E-state index contributed by atoms with van der Waals surface area (Å²) in [4.78, 5) is 15.8. The van der Waals surface area contributed by atoms with Gasteiger partial charge in [0, 0.05) is 13.5 Å². The van der Waals surface area contributed by atoms with Crippen LogP contribution >= 0.6 is 0 Å². The number of allylic oxidation sites excluding steroid dienone is 1. The van der Waals surface area contributed by atoms with Gasteiger partial charge >= 0.3 is 0 Å². The number of carbonyl (C=O) groups excluding carboxylic acids is 1. The van der Waals surface area contributed by atoms with Crippen LogP contribution in [-0.4, -0.2) is 22.9 Å². The van der Waals surface area contributed by atoms with Crippen molar-refractivity contribution in [3.63, 3.8) is 0 Å². The maximum absolute atomic E-state index is 13.8. The number of hydrogen-bond acceptors (Lipinski definition) is 1. The van der Waals surface area contributed by atoms with Crippen molar-refractivity contribution in [1.82, 2.24) is 4.90 Å². The molecule has 0 heterocycles. The second kappa shape index (κ2) is 7.55. The Morgan fingerprint density at radius 2 is 1.88 bits per heavy atom. The van der Waals surface area contributed by atoms with Gasteiger partial charge in [0.05, 0.1) is 5.41 Å². The van der Waals surface area contributed by atoms with Crippen molar-refractivity contribution < 1.29 is 6.17 Å². The summed E-state index contributed by atoms with van der Waals surface area (Å²) in [6, 6.07) is 8.28. The molecule has 24 heavy (non-hydrogen) atoms. The molecule has 0 unspecified atom stereocenters. The van der Waals surface area contributed by atoms with E-state index >= 15 is 0 Å². The molecule has 2 rings (SSSR count). The largest absolute Gasteiger partial charge is 0.337 e. The van der Waals surface area contributed by atoms with Crippen molar-refractivity contribution in [2.75, 3.05) is 0 Å². The molecule has 0 aliphatic heterocycles. The summed E-state index contributed by atoms with van der Waals surface area (Å²) in [5, 5.41) is 0. The zero-order valence-electron chi connectivity index (χ0n) is 17.1. The quantitative estimate of drug-likeness (QED) is 0.682. The highest BCUT2D eigenvalue weighted by Crippen LogP contribution is 2.44. The molecule has 1 aromatic carbocycles. The third-order valence-corrected chi connectivity index (χ3v) is 5.18. The molecule has 2 atom stereocenters. The smallest absolute Gasteiger partial charge is 0.234 e. The lowest BCUT2D eigenvalue weighted by Gasteiger charge is -2.45. The summed E-state index contributed by atoms with van der Waals surface area (Å²) in [5.74, 6) is -0.850. The molecule has 0 aromatic heterocycles. The van der Waals surface area contributed by atoms with Crippen LogP contribution in [0.3, 0.4) is 0 Å². The minimum Gasteiger partial charge on any atom is -0.337 e. The molecule has 1 aliphatic rings. The average molecular weight is 329 g/mol. The van der Waals surface area contributed by atoms with E-state index < -0.39 is 11.3 Å². The fourth-order valence-electron chi connectivity index (χ4n) is 3.90. The van der Waals surface area contributed by atoms with Gasteiger partial charge in [-0.05, 0) is 58.1 Å². The molecule has 2 heteroatoms. The molecule has 0 saturated carbocycles. The Hall–Kier alpha value is -1.57. The normalized spacial score (nSPS) is 26.4. The summed E-state index contributed by atoms with van der Waals surface area (Å²) in [7, 11) is 0. The van der Waals surface area contributed by atoms with Gasteiger partial charge < -0.3 is 4.90 Å². The van der Waals surface area contributed by atoms with Gasteiger partial charge in [-0.15, -0.1) is 0 Å². The maximum atomic E-state index is 13.8. The molecule has 1 aromatic rings. The van der Waals surface area contributed by atoms with Gasteiger partial charge in [0.25, 0.3) is 0 Å². The molecule has 1 aliphatic carbocycles. The summed E-state index contributed by atoms with van der Waals surface area (Å²) >= 11 is 0. The zero-order valence-corrected chi connectivity index (χ0v) is 16.1. The summed E-state index contributed by atoms with van der Waals surface area (Å²) in [6.07, 6.45) is 6.66. The maximum Gasteiger partial charge on any atom is 0.234 e. The molecule has 0 bridgehead atoms. The van der Waals surface area contributed by atoms with Gasteiger partial charge in [0.2, 0.25) is 5.91 Å². The van der Waals surface area contributed by atoms with Crippen LogP contribution in [0.15, 0.2) is 30.3 Å². The van der Waals surface area contributed by atoms with E-state index in [4.69, 9.17) is 0 Å². The standard InChI is InChI=1S/C22H33NO/c1-7-8-12-19-15-14-18-11-9-10-13-20(18)22(19,6)21(24)23(16(2)3)17(4)5/h9-11,13-17,19H,7-8,12H2,1-6H3/t19-,22+/m1/s1/i19D. The van der Waals surface area contributed by atoms with Crippen LogP contribution in [0, 0.1) is 5.89 Å². The van der Waals surface area contributed by atoms with E-state index in [0.29, 0.717) is 6.42 Å². The van der Waals surface area contributed by atoms with Crippen LogP contribution in [0.4, 0.5) is 0 Å². The lowest BCUT2D eigenvalue weighted by atomic mass is 9.64. The molecule has 0 fully saturated rings. The summed E-state index contributed by atoms with van der Waals surface area (Å²) in [6.45, 7) is 12.4. The third kappa shape index (κ3) is 3.29. The number of nitrogens with zero attached hydrogens (tertiary/aromatic N) is 1. The predicted molar refractivity (Wildman–Crippen MR) is 103 cm³/mol. The number of unbranched alkanes of at least 4 members (excludes halogenated alkanes) is 1. The van der Waals surface area contributed by atoms with E-state index in [-0.39, 0.29) is 18.0 Å². The Labute approximate surface area is 149 Å². The van der Waals surface area contributed by atoms with Crippen molar-refractivity contribution in [2.24, 2.45) is 5.89 Å². The van der Waals surface area contributed by atoms with E-state index in [2.05, 4.69) is 34.6 Å². The Kier molecular flexibility index (Phi) is 5.43. The highest BCUT2D eigenvalue weighted by atomic mass is 16.2. The van der Waals surface area contributed by atoms with Crippen LogP contribution in [0.5, 0.6) is 0 Å². The molecule has 0 saturated heterocycles. The van der Waals surface area contributed by atoms with E-state index in [1.807, 2.05) is 48.2 Å². The van der Waals surface area contributed by atoms with Crippen molar-refractivity contribution in [1.29, 1.82) is 0 Å². The molecular weight excluding hydrogens is 294 g/mol. The van der Waals surface area contributed by atoms with Crippen LogP contribution < -0.4 is 0 Å². The zero-order chi connectivity index (χ0) is 18.8. The van der Waals surface area contributed by atoms with E-state index in [1.54, 1.807) is 0 Å². The lowest BCUT2D eigenvalue weighted by molar-refractivity contribution is -0.142. The first-order valence-corrected chi connectivity index (χ1v) is 9.30. The Balaban J connectivity index is 2.64. The Bertz CT molecular complexity index is 643. The molecule has 0 N–H and O–H groups in total. The molecule has 0 radical (unpaired) electrons. The third-order valence-electron chi connectivity index (χ3n) is 5.18. The van der Waals surface area contributed by atoms with Crippen molar-refractivity contribution in [3.05, 3.63) is 41.5 Å². The SMILES string of the molecule is [2H][C@@]1(CCCC)C=Cc2ccccc2[C@@]1(C)C(=O)N(C(C)C)C(C)C. The van der Waals surface area contributed by atoms with E-state index in [9.17, 15) is 6.17 Å². The van der Waals surface area contributed by atoms with Gasteiger partial charge in [-0.1, -0.05) is 56.2 Å². The molecule has 132 valence electrons. The summed E-state index contributed by atoms with van der Waals surface area (Å²) < 4.78 is 9.28. The van der Waals surface area contributed by atoms with Crippen molar-refractivity contribution >= 4 is 12.0 Å². The fourth-order valence-corrected chi connectivity index (χ4v) is 3.90. The second-order valence-electron chi connectivity index (χ2n) is 7.57. The minimum absolute atomic E-state index is 0.0698. The van der Waals surface area contributed by atoms with E-state index in [0.717, 1.165) is 24.0 Å². The number of benzene rings is 1. The Morgan fingerprint density at radius 3 is 2.46 bits per heavy atom. The molecule has 0 spiro atoms. The number of amides is 1. The molecule has 1 amide bonds. The fraction of sp³-hybridized carbons (Fsp3) is 0.591. The first-order valence-electron chi connectivity index (χ1n) is 9.80. The number of carbonyl (C=O) groups is 1. The first-order chi connectivity index (χ1) is 11.7. The van der Waals surface area contributed by atoms with Crippen molar-refractivity contribution in [3.8, 4) is 0 Å². The van der Waals surface area contributed by atoms with Crippen LogP contribution in [0.25, 0.3) is 6.08 Å². The van der Waals surface area contributed by atoms with Crippen LogP contribution in [0.2, 0.25) is 0 Å².